The van der Waals surface area contributed by atoms with Crippen LogP contribution in [-0.4, -0.2) is 40.9 Å². The van der Waals surface area contributed by atoms with Gasteiger partial charge in [0.25, 0.3) is 5.91 Å². The predicted octanol–water partition coefficient (Wildman–Crippen LogP) is 2.73. The van der Waals surface area contributed by atoms with E-state index in [2.05, 4.69) is 20.8 Å². The molecule has 2 aliphatic rings. The van der Waals surface area contributed by atoms with Crippen LogP contribution in [0.2, 0.25) is 0 Å². The van der Waals surface area contributed by atoms with E-state index >= 15 is 0 Å². The van der Waals surface area contributed by atoms with Crippen LogP contribution in [0.5, 0.6) is 5.75 Å². The molecule has 1 aromatic carbocycles. The molecule has 174 valence electrons. The van der Waals surface area contributed by atoms with Crippen LogP contribution in [-0.2, 0) is 9.53 Å². The first-order chi connectivity index (χ1) is 15.8. The van der Waals surface area contributed by atoms with E-state index in [1.807, 2.05) is 6.92 Å². The zero-order valence-corrected chi connectivity index (χ0v) is 19.0. The van der Waals surface area contributed by atoms with Gasteiger partial charge in [0, 0.05) is 28.8 Å². The zero-order valence-electron chi connectivity index (χ0n) is 19.0. The molecule has 2 unspecified atom stereocenters. The summed E-state index contributed by atoms with van der Waals surface area (Å²) in [7, 11) is 1.55. The van der Waals surface area contributed by atoms with Gasteiger partial charge in [0.15, 0.2) is 5.82 Å². The van der Waals surface area contributed by atoms with Gasteiger partial charge in [0.1, 0.15) is 17.5 Å². The molecule has 33 heavy (non-hydrogen) atoms. The zero-order chi connectivity index (χ0) is 23.7. The van der Waals surface area contributed by atoms with E-state index in [4.69, 9.17) is 9.47 Å². The average molecular weight is 453 g/mol. The maximum atomic E-state index is 12.8. The SMILES string of the molecule is CCOC(=O)C1C(C)=Nc2c(c(NNC(=O)c3ccc(OC)cc3)nc(=O)n2C2CC2)C1C. The van der Waals surface area contributed by atoms with Crippen molar-refractivity contribution in [3.05, 3.63) is 45.9 Å². The molecule has 10 nitrogen and oxygen atoms in total. The number of aromatic nitrogens is 2. The molecule has 1 aromatic heterocycles. The molecule has 0 spiro atoms. The monoisotopic (exact) mass is 453 g/mol. The Hall–Kier alpha value is -3.69. The van der Waals surface area contributed by atoms with Crippen LogP contribution in [0.4, 0.5) is 11.6 Å². The largest absolute Gasteiger partial charge is 0.497 e. The number of benzene rings is 1. The van der Waals surface area contributed by atoms with Gasteiger partial charge < -0.3 is 9.47 Å². The highest BCUT2D eigenvalue weighted by atomic mass is 16.5. The molecular weight excluding hydrogens is 426 g/mol. The van der Waals surface area contributed by atoms with Gasteiger partial charge >= 0.3 is 11.7 Å². The Morgan fingerprint density at radius 3 is 2.52 bits per heavy atom. The molecule has 1 fully saturated rings. The van der Waals surface area contributed by atoms with E-state index in [0.717, 1.165) is 12.8 Å². The van der Waals surface area contributed by atoms with Gasteiger partial charge in [-0.05, 0) is 51.0 Å². The number of carbonyl (C=O) groups excluding carboxylic acids is 2. The van der Waals surface area contributed by atoms with Crippen molar-refractivity contribution < 1.29 is 19.1 Å². The maximum absolute atomic E-state index is 12.8. The minimum atomic E-state index is -0.609. The number of ether oxygens (including phenoxy) is 2. The number of nitrogens with zero attached hydrogens (tertiary/aromatic N) is 3. The van der Waals surface area contributed by atoms with Crippen LogP contribution in [0.3, 0.4) is 0 Å². The number of fused-ring (bicyclic) bond motifs is 1. The second-order valence-corrected chi connectivity index (χ2v) is 8.16. The van der Waals surface area contributed by atoms with Crippen LogP contribution in [0.25, 0.3) is 0 Å². The summed E-state index contributed by atoms with van der Waals surface area (Å²) in [6.45, 7) is 5.64. The highest BCUT2D eigenvalue weighted by molar-refractivity contribution is 6.04. The molecule has 1 aliphatic carbocycles. The van der Waals surface area contributed by atoms with Gasteiger partial charge in [-0.15, -0.1) is 0 Å². The van der Waals surface area contributed by atoms with Crippen molar-refractivity contribution >= 4 is 29.2 Å². The summed E-state index contributed by atoms with van der Waals surface area (Å²) in [4.78, 5) is 46.9. The third-order valence-electron chi connectivity index (χ3n) is 5.92. The lowest BCUT2D eigenvalue weighted by Crippen LogP contribution is -2.37. The molecular formula is C23H27N5O5. The summed E-state index contributed by atoms with van der Waals surface area (Å²) in [5.74, 6) is -0.488. The van der Waals surface area contributed by atoms with Crippen molar-refractivity contribution in [2.75, 3.05) is 19.1 Å². The highest BCUT2D eigenvalue weighted by Crippen LogP contribution is 2.45. The standard InChI is InChI=1S/C23H27N5O5/c1-5-33-22(30)17-12(2)18-19(26-27-21(29)14-6-10-16(32-4)11-7-14)25-23(31)28(15-8-9-15)20(18)24-13(17)3/h6-7,10-12,15,17H,5,8-9H2,1-4H3,(H,27,29)(H,25,26,31). The molecule has 0 saturated heterocycles. The lowest BCUT2D eigenvalue weighted by molar-refractivity contribution is -0.146. The topological polar surface area (TPSA) is 124 Å². The number of anilines is 1. The van der Waals surface area contributed by atoms with Crippen LogP contribution < -0.4 is 21.3 Å². The molecule has 1 saturated carbocycles. The van der Waals surface area contributed by atoms with Gasteiger partial charge in [0.05, 0.1) is 13.7 Å². The Labute approximate surface area is 191 Å². The number of esters is 1. The van der Waals surface area contributed by atoms with Gasteiger partial charge in [-0.25, -0.2) is 9.79 Å². The Morgan fingerprint density at radius 1 is 1.21 bits per heavy atom. The number of hydrogen-bond acceptors (Lipinski definition) is 8. The van der Waals surface area contributed by atoms with Gasteiger partial charge in [-0.1, -0.05) is 6.92 Å². The predicted molar refractivity (Wildman–Crippen MR) is 122 cm³/mol. The molecule has 2 heterocycles. The molecule has 1 amide bonds. The lowest BCUT2D eigenvalue weighted by atomic mass is 9.82. The summed E-state index contributed by atoms with van der Waals surface area (Å²) < 4.78 is 12.0. The fourth-order valence-corrected chi connectivity index (χ4v) is 4.13. The number of methoxy groups -OCH3 is 1. The number of hydrazine groups is 1. The minimum absolute atomic E-state index is 0.0459. The van der Waals surface area contributed by atoms with E-state index in [1.54, 1.807) is 49.8 Å². The van der Waals surface area contributed by atoms with Crippen molar-refractivity contribution in [2.24, 2.45) is 10.9 Å². The van der Waals surface area contributed by atoms with E-state index in [9.17, 15) is 14.4 Å². The molecule has 4 rings (SSSR count). The minimum Gasteiger partial charge on any atom is -0.497 e. The number of aliphatic imine (C=N–C) groups is 1. The lowest BCUT2D eigenvalue weighted by Gasteiger charge is -2.30. The Balaban J connectivity index is 1.69. The number of amides is 1. The third-order valence-corrected chi connectivity index (χ3v) is 5.92. The normalized spacial score (nSPS) is 19.2. The quantitative estimate of drug-likeness (QED) is 0.488. The van der Waals surface area contributed by atoms with Crippen LogP contribution >= 0.6 is 0 Å². The first kappa shape index (κ1) is 22.5. The first-order valence-corrected chi connectivity index (χ1v) is 10.9. The Bertz CT molecular complexity index is 1170. The van der Waals surface area contributed by atoms with Crippen molar-refractivity contribution in [3.63, 3.8) is 0 Å². The average Bonchev–Trinajstić information content (AvgIpc) is 3.62. The van der Waals surface area contributed by atoms with E-state index in [0.29, 0.717) is 28.4 Å². The molecule has 2 aromatic rings. The summed E-state index contributed by atoms with van der Waals surface area (Å²) >= 11 is 0. The molecule has 10 heteroatoms. The fourth-order valence-electron chi connectivity index (χ4n) is 4.13. The second kappa shape index (κ2) is 9.05. The van der Waals surface area contributed by atoms with E-state index < -0.39 is 17.5 Å². The first-order valence-electron chi connectivity index (χ1n) is 10.9. The van der Waals surface area contributed by atoms with E-state index in [1.165, 1.54) is 0 Å². The second-order valence-electron chi connectivity index (χ2n) is 8.16. The number of carbonyl (C=O) groups is 2. The van der Waals surface area contributed by atoms with Crippen LogP contribution in [0, 0.1) is 5.92 Å². The smallest absolute Gasteiger partial charge is 0.351 e. The molecule has 2 N–H and O–H groups in total. The molecule has 0 radical (unpaired) electrons. The van der Waals surface area contributed by atoms with Crippen molar-refractivity contribution in [3.8, 4) is 5.75 Å². The molecule has 0 bridgehead atoms. The molecule has 2 atom stereocenters. The maximum Gasteiger partial charge on any atom is 0.351 e. The summed E-state index contributed by atoms with van der Waals surface area (Å²) in [5.41, 5.74) is 6.51. The Kier molecular flexibility index (Phi) is 6.17. The van der Waals surface area contributed by atoms with Crippen LogP contribution in [0.1, 0.15) is 61.5 Å². The summed E-state index contributed by atoms with van der Waals surface area (Å²) in [6, 6.07) is 6.64. The third kappa shape index (κ3) is 4.33. The number of hydrogen-bond donors (Lipinski definition) is 2. The number of nitrogens with one attached hydrogen (secondary N) is 2. The van der Waals surface area contributed by atoms with Crippen molar-refractivity contribution in [1.82, 2.24) is 15.0 Å². The van der Waals surface area contributed by atoms with Crippen LogP contribution in [0.15, 0.2) is 34.1 Å². The van der Waals surface area contributed by atoms with Crippen molar-refractivity contribution in [2.45, 2.75) is 45.6 Å². The van der Waals surface area contributed by atoms with Gasteiger partial charge in [-0.2, -0.15) is 4.98 Å². The van der Waals surface area contributed by atoms with Gasteiger partial charge in [-0.3, -0.25) is 25.0 Å². The molecule has 1 aliphatic heterocycles. The van der Waals surface area contributed by atoms with E-state index in [-0.39, 0.29) is 30.4 Å². The van der Waals surface area contributed by atoms with Crippen molar-refractivity contribution in [1.29, 1.82) is 0 Å². The Morgan fingerprint density at radius 2 is 1.91 bits per heavy atom. The summed E-state index contributed by atoms with van der Waals surface area (Å²) in [5, 5.41) is 0. The fraction of sp³-hybridized carbons (Fsp3) is 0.435. The summed E-state index contributed by atoms with van der Waals surface area (Å²) in [6.07, 6.45) is 1.75. The van der Waals surface area contributed by atoms with Gasteiger partial charge in [0.2, 0.25) is 0 Å². The highest BCUT2D eigenvalue weighted by Gasteiger charge is 2.40. The number of rotatable bonds is 7.